The SMILES string of the molecule is CCn1c(C2CCCC2C(=O)O)nc2c(F)cccc21. The van der Waals surface area contributed by atoms with Crippen LogP contribution < -0.4 is 0 Å². The molecule has 0 spiro atoms. The molecule has 3 rings (SSSR count). The van der Waals surface area contributed by atoms with Crippen molar-refractivity contribution in [1.29, 1.82) is 0 Å². The highest BCUT2D eigenvalue weighted by Crippen LogP contribution is 2.40. The Kier molecular flexibility index (Phi) is 3.20. The zero-order chi connectivity index (χ0) is 14.3. The lowest BCUT2D eigenvalue weighted by atomic mass is 9.95. The van der Waals surface area contributed by atoms with E-state index in [2.05, 4.69) is 4.98 Å². The number of carboxylic acids is 1. The Morgan fingerprint density at radius 2 is 2.30 bits per heavy atom. The molecule has 2 unspecified atom stereocenters. The maximum absolute atomic E-state index is 13.9. The molecule has 0 radical (unpaired) electrons. The Bertz CT molecular complexity index is 665. The highest BCUT2D eigenvalue weighted by atomic mass is 19.1. The van der Waals surface area contributed by atoms with Crippen LogP contribution in [0.2, 0.25) is 0 Å². The van der Waals surface area contributed by atoms with Crippen LogP contribution in [0.1, 0.15) is 37.9 Å². The number of aryl methyl sites for hydroxylation is 1. The number of imidazole rings is 1. The van der Waals surface area contributed by atoms with Gasteiger partial charge in [0.1, 0.15) is 11.3 Å². The molecule has 20 heavy (non-hydrogen) atoms. The van der Waals surface area contributed by atoms with Gasteiger partial charge in [-0.2, -0.15) is 0 Å². The third kappa shape index (κ3) is 1.88. The maximum atomic E-state index is 13.9. The molecule has 1 aliphatic carbocycles. The number of para-hydroxylation sites is 1. The van der Waals surface area contributed by atoms with Gasteiger partial charge in [-0.05, 0) is 31.9 Å². The van der Waals surface area contributed by atoms with Crippen molar-refractivity contribution >= 4 is 17.0 Å². The first-order valence-corrected chi connectivity index (χ1v) is 7.01. The average molecular weight is 276 g/mol. The van der Waals surface area contributed by atoms with Crippen LogP contribution in [0.15, 0.2) is 18.2 Å². The van der Waals surface area contributed by atoms with E-state index in [1.54, 1.807) is 6.07 Å². The molecular formula is C15H17FN2O2. The number of aromatic nitrogens is 2. The molecule has 0 aliphatic heterocycles. The molecule has 2 atom stereocenters. The maximum Gasteiger partial charge on any atom is 0.307 e. The van der Waals surface area contributed by atoms with E-state index < -0.39 is 11.9 Å². The first-order chi connectivity index (χ1) is 9.63. The zero-order valence-corrected chi connectivity index (χ0v) is 11.3. The summed E-state index contributed by atoms with van der Waals surface area (Å²) in [5.41, 5.74) is 1.10. The lowest BCUT2D eigenvalue weighted by Crippen LogP contribution is -2.20. The quantitative estimate of drug-likeness (QED) is 0.936. The highest BCUT2D eigenvalue weighted by Gasteiger charge is 2.37. The molecule has 1 heterocycles. The number of carbonyl (C=O) groups is 1. The number of nitrogens with zero attached hydrogens (tertiary/aromatic N) is 2. The van der Waals surface area contributed by atoms with Gasteiger partial charge in [0.2, 0.25) is 0 Å². The van der Waals surface area contributed by atoms with Gasteiger partial charge < -0.3 is 9.67 Å². The van der Waals surface area contributed by atoms with Crippen LogP contribution in [-0.4, -0.2) is 20.6 Å². The van der Waals surface area contributed by atoms with E-state index in [1.807, 2.05) is 17.6 Å². The summed E-state index contributed by atoms with van der Waals surface area (Å²) in [5.74, 6) is -0.916. The predicted octanol–water partition coefficient (Wildman–Crippen LogP) is 3.16. The van der Waals surface area contributed by atoms with Crippen LogP contribution in [0.4, 0.5) is 4.39 Å². The molecule has 0 saturated heterocycles. The Morgan fingerprint density at radius 3 is 3.00 bits per heavy atom. The summed E-state index contributed by atoms with van der Waals surface area (Å²) < 4.78 is 15.8. The van der Waals surface area contributed by atoms with Crippen molar-refractivity contribution in [3.8, 4) is 0 Å². The van der Waals surface area contributed by atoms with E-state index in [1.165, 1.54) is 6.07 Å². The third-order valence-electron chi connectivity index (χ3n) is 4.24. The van der Waals surface area contributed by atoms with Gasteiger partial charge in [-0.3, -0.25) is 4.79 Å². The van der Waals surface area contributed by atoms with Gasteiger partial charge in [-0.25, -0.2) is 9.37 Å². The molecule has 106 valence electrons. The number of halogens is 1. The average Bonchev–Trinajstić information content (AvgIpc) is 3.02. The van der Waals surface area contributed by atoms with E-state index in [4.69, 9.17) is 0 Å². The summed E-state index contributed by atoms with van der Waals surface area (Å²) in [6.07, 6.45) is 2.37. The van der Waals surface area contributed by atoms with Crippen molar-refractivity contribution in [3.05, 3.63) is 29.8 Å². The topological polar surface area (TPSA) is 55.1 Å². The van der Waals surface area contributed by atoms with Gasteiger partial charge in [0.05, 0.1) is 11.4 Å². The highest BCUT2D eigenvalue weighted by molar-refractivity contribution is 5.77. The lowest BCUT2D eigenvalue weighted by molar-refractivity contribution is -0.142. The smallest absolute Gasteiger partial charge is 0.307 e. The van der Waals surface area contributed by atoms with Gasteiger partial charge in [-0.1, -0.05) is 12.5 Å². The molecule has 4 nitrogen and oxygen atoms in total. The Balaban J connectivity index is 2.16. The second-order valence-electron chi connectivity index (χ2n) is 5.30. The summed E-state index contributed by atoms with van der Waals surface area (Å²) in [6.45, 7) is 2.64. The van der Waals surface area contributed by atoms with E-state index in [-0.39, 0.29) is 11.7 Å². The number of carboxylic acid groups (broad SMARTS) is 1. The number of aliphatic carboxylic acids is 1. The summed E-state index contributed by atoms with van der Waals surface area (Å²) >= 11 is 0. The van der Waals surface area contributed by atoms with Crippen molar-refractivity contribution in [2.75, 3.05) is 0 Å². The van der Waals surface area contributed by atoms with Gasteiger partial charge in [-0.15, -0.1) is 0 Å². The number of fused-ring (bicyclic) bond motifs is 1. The fraction of sp³-hybridized carbons (Fsp3) is 0.467. The largest absolute Gasteiger partial charge is 0.481 e. The number of hydrogen-bond acceptors (Lipinski definition) is 2. The van der Waals surface area contributed by atoms with Crippen LogP contribution in [-0.2, 0) is 11.3 Å². The molecule has 0 bridgehead atoms. The lowest BCUT2D eigenvalue weighted by Gasteiger charge is -2.16. The van der Waals surface area contributed by atoms with E-state index in [0.717, 1.165) is 24.2 Å². The van der Waals surface area contributed by atoms with E-state index >= 15 is 0 Å². The van der Waals surface area contributed by atoms with Gasteiger partial charge >= 0.3 is 5.97 Å². The monoisotopic (exact) mass is 276 g/mol. The van der Waals surface area contributed by atoms with Crippen LogP contribution in [0.25, 0.3) is 11.0 Å². The van der Waals surface area contributed by atoms with Crippen molar-refractivity contribution < 1.29 is 14.3 Å². The van der Waals surface area contributed by atoms with E-state index in [9.17, 15) is 14.3 Å². The van der Waals surface area contributed by atoms with E-state index in [0.29, 0.717) is 18.5 Å². The van der Waals surface area contributed by atoms with Gasteiger partial charge in [0.25, 0.3) is 0 Å². The molecule has 5 heteroatoms. The molecule has 1 saturated carbocycles. The van der Waals surface area contributed by atoms with Crippen molar-refractivity contribution in [1.82, 2.24) is 9.55 Å². The number of hydrogen-bond donors (Lipinski definition) is 1. The third-order valence-corrected chi connectivity index (χ3v) is 4.24. The number of benzene rings is 1. The minimum absolute atomic E-state index is 0.112. The van der Waals surface area contributed by atoms with Gasteiger partial charge in [0, 0.05) is 12.5 Å². The minimum Gasteiger partial charge on any atom is -0.481 e. The molecule has 1 N–H and O–H groups in total. The molecule has 1 aromatic carbocycles. The normalized spacial score (nSPS) is 22.5. The first-order valence-electron chi connectivity index (χ1n) is 7.01. The summed E-state index contributed by atoms with van der Waals surface area (Å²) in [6, 6.07) is 4.89. The fourth-order valence-electron chi connectivity index (χ4n) is 3.31. The summed E-state index contributed by atoms with van der Waals surface area (Å²) in [4.78, 5) is 15.8. The van der Waals surface area contributed by atoms with Crippen LogP contribution in [0.3, 0.4) is 0 Å². The first kappa shape index (κ1) is 13.1. The number of rotatable bonds is 3. The molecule has 1 aromatic heterocycles. The fourth-order valence-corrected chi connectivity index (χ4v) is 3.31. The van der Waals surface area contributed by atoms with Crippen molar-refractivity contribution in [2.24, 2.45) is 5.92 Å². The van der Waals surface area contributed by atoms with Crippen molar-refractivity contribution in [3.63, 3.8) is 0 Å². The Hall–Kier alpha value is -1.91. The summed E-state index contributed by atoms with van der Waals surface area (Å²) in [5, 5.41) is 9.33. The summed E-state index contributed by atoms with van der Waals surface area (Å²) in [7, 11) is 0. The second-order valence-corrected chi connectivity index (χ2v) is 5.30. The van der Waals surface area contributed by atoms with Crippen molar-refractivity contribution in [2.45, 2.75) is 38.6 Å². The molecule has 1 aliphatic rings. The Labute approximate surface area is 116 Å². The predicted molar refractivity (Wildman–Crippen MR) is 73.1 cm³/mol. The zero-order valence-electron chi connectivity index (χ0n) is 11.3. The molecule has 2 aromatic rings. The standard InChI is InChI=1S/C15H17FN2O2/c1-2-18-12-8-4-7-11(16)13(12)17-14(18)9-5-3-6-10(9)15(19)20/h4,7-10H,2-3,5-6H2,1H3,(H,19,20). The van der Waals surface area contributed by atoms with Crippen LogP contribution >= 0.6 is 0 Å². The molecular weight excluding hydrogens is 259 g/mol. The van der Waals surface area contributed by atoms with Crippen LogP contribution in [0.5, 0.6) is 0 Å². The minimum atomic E-state index is -0.775. The molecule has 1 fully saturated rings. The molecule has 0 amide bonds. The second kappa shape index (κ2) is 4.89. The van der Waals surface area contributed by atoms with Crippen LogP contribution in [0, 0.1) is 11.7 Å². The Morgan fingerprint density at radius 1 is 1.50 bits per heavy atom. The van der Waals surface area contributed by atoms with Gasteiger partial charge in [0.15, 0.2) is 5.82 Å².